The minimum atomic E-state index is -0.347. The zero-order valence-electron chi connectivity index (χ0n) is 15.5. The Morgan fingerprint density at radius 2 is 1.81 bits per heavy atom. The summed E-state index contributed by atoms with van der Waals surface area (Å²) in [5.74, 6) is 0.658. The lowest BCUT2D eigenvalue weighted by Crippen LogP contribution is -2.32. The smallest absolute Gasteiger partial charge is 0.224 e. The van der Waals surface area contributed by atoms with Gasteiger partial charge in [0.15, 0.2) is 0 Å². The molecule has 0 radical (unpaired) electrons. The summed E-state index contributed by atoms with van der Waals surface area (Å²) in [5.41, 5.74) is 4.48. The van der Waals surface area contributed by atoms with Crippen molar-refractivity contribution in [2.45, 2.75) is 31.1 Å². The van der Waals surface area contributed by atoms with E-state index in [0.717, 1.165) is 24.0 Å². The molecule has 0 spiro atoms. The Labute approximate surface area is 164 Å². The number of carbonyl (C=O) groups is 1. The molecule has 1 unspecified atom stereocenters. The van der Waals surface area contributed by atoms with Crippen LogP contribution >= 0.6 is 11.8 Å². The molecule has 4 rings (SSSR count). The number of aliphatic hydroxyl groups excluding tert-OH is 1. The van der Waals surface area contributed by atoms with Gasteiger partial charge in [-0.3, -0.25) is 4.79 Å². The predicted molar refractivity (Wildman–Crippen MR) is 111 cm³/mol. The maximum atomic E-state index is 12.6. The van der Waals surface area contributed by atoms with Crippen LogP contribution < -0.4 is 5.32 Å². The van der Waals surface area contributed by atoms with E-state index in [-0.39, 0.29) is 24.5 Å². The lowest BCUT2D eigenvalue weighted by molar-refractivity contribution is -0.123. The number of hydrogen-bond donors (Lipinski definition) is 2. The average Bonchev–Trinajstić information content (AvgIpc) is 3.32. The normalized spacial score (nSPS) is 24.6. The van der Waals surface area contributed by atoms with Gasteiger partial charge in [-0.1, -0.05) is 60.2 Å². The van der Waals surface area contributed by atoms with Crippen LogP contribution in [0.5, 0.6) is 0 Å². The lowest BCUT2D eigenvalue weighted by Gasteiger charge is -2.18. The summed E-state index contributed by atoms with van der Waals surface area (Å²) in [7, 11) is 0. The highest BCUT2D eigenvalue weighted by Crippen LogP contribution is 2.49. The minimum absolute atomic E-state index is 0.0779. The lowest BCUT2D eigenvalue weighted by atomic mass is 10.00. The highest BCUT2D eigenvalue weighted by molar-refractivity contribution is 8.03. The van der Waals surface area contributed by atoms with Crippen LogP contribution in [0.4, 0.5) is 0 Å². The quantitative estimate of drug-likeness (QED) is 0.779. The summed E-state index contributed by atoms with van der Waals surface area (Å²) in [6, 6.07) is 16.2. The first-order valence-electron chi connectivity index (χ1n) is 9.54. The zero-order chi connectivity index (χ0) is 18.8. The SMILES string of the molecule is Cc1ccc(-c2ccc([C@H](CO)NC(=O)[C@@H]3C[C@H]3C3CC=CS3)cc2)cc1. The molecule has 1 amide bonds. The third-order valence-electron chi connectivity index (χ3n) is 5.57. The van der Waals surface area contributed by atoms with Gasteiger partial charge in [-0.2, -0.15) is 0 Å². The molecular formula is C23H25NO2S. The highest BCUT2D eigenvalue weighted by atomic mass is 32.2. The van der Waals surface area contributed by atoms with Gasteiger partial charge in [-0.15, -0.1) is 11.8 Å². The van der Waals surface area contributed by atoms with Crippen molar-refractivity contribution in [2.75, 3.05) is 6.61 Å². The maximum absolute atomic E-state index is 12.6. The Morgan fingerprint density at radius 3 is 2.41 bits per heavy atom. The van der Waals surface area contributed by atoms with Crippen LogP contribution in [0.15, 0.2) is 60.0 Å². The molecule has 1 aliphatic heterocycles. The van der Waals surface area contributed by atoms with Gasteiger partial charge in [-0.25, -0.2) is 0 Å². The Morgan fingerprint density at radius 1 is 1.15 bits per heavy atom. The van der Waals surface area contributed by atoms with E-state index in [2.05, 4.69) is 60.1 Å². The molecule has 27 heavy (non-hydrogen) atoms. The summed E-state index contributed by atoms with van der Waals surface area (Å²) in [6.45, 7) is 1.99. The second-order valence-electron chi connectivity index (χ2n) is 7.52. The average molecular weight is 380 g/mol. The number of carbonyl (C=O) groups excluding carboxylic acids is 1. The van der Waals surface area contributed by atoms with Crippen molar-refractivity contribution in [3.05, 3.63) is 71.1 Å². The van der Waals surface area contributed by atoms with Crippen molar-refractivity contribution in [1.29, 1.82) is 0 Å². The van der Waals surface area contributed by atoms with Gasteiger partial charge in [0.05, 0.1) is 12.6 Å². The van der Waals surface area contributed by atoms with E-state index >= 15 is 0 Å². The van der Waals surface area contributed by atoms with Gasteiger partial charge in [0.1, 0.15) is 0 Å². The van der Waals surface area contributed by atoms with Gasteiger partial charge >= 0.3 is 0 Å². The molecule has 1 aliphatic carbocycles. The number of allylic oxidation sites excluding steroid dienone is 1. The second-order valence-corrected chi connectivity index (χ2v) is 8.67. The molecule has 140 valence electrons. The Kier molecular flexibility index (Phi) is 5.37. The Balaban J connectivity index is 1.39. The number of aryl methyl sites for hydroxylation is 1. The standard InChI is InChI=1S/C23H25NO2S/c1-15-4-6-16(7-5-15)17-8-10-18(11-9-17)21(14-25)24-23(26)20-13-19(20)22-3-2-12-27-22/h2,4-12,19-22,25H,3,13-14H2,1H3,(H,24,26)/t19-,20-,21+,22?/m1/s1. The van der Waals surface area contributed by atoms with E-state index in [4.69, 9.17) is 0 Å². The van der Waals surface area contributed by atoms with Crippen LogP contribution in [0.2, 0.25) is 0 Å². The van der Waals surface area contributed by atoms with E-state index in [1.165, 1.54) is 11.1 Å². The summed E-state index contributed by atoms with van der Waals surface area (Å²) in [4.78, 5) is 12.6. The van der Waals surface area contributed by atoms with Gasteiger partial charge < -0.3 is 10.4 Å². The van der Waals surface area contributed by atoms with E-state index in [1.807, 2.05) is 23.9 Å². The molecule has 3 nitrogen and oxygen atoms in total. The fourth-order valence-electron chi connectivity index (χ4n) is 3.77. The maximum Gasteiger partial charge on any atom is 0.224 e. The monoisotopic (exact) mass is 379 g/mol. The first kappa shape index (κ1) is 18.3. The molecule has 1 saturated carbocycles. The fourth-order valence-corrected chi connectivity index (χ4v) is 4.92. The summed E-state index contributed by atoms with van der Waals surface area (Å²) in [5, 5.41) is 15.5. The van der Waals surface area contributed by atoms with E-state index in [9.17, 15) is 9.90 Å². The molecule has 4 atom stereocenters. The van der Waals surface area contributed by atoms with E-state index in [0.29, 0.717) is 11.2 Å². The van der Waals surface area contributed by atoms with Crippen LogP contribution in [0.25, 0.3) is 11.1 Å². The molecule has 2 N–H and O–H groups in total. The van der Waals surface area contributed by atoms with Crippen LogP contribution in [0, 0.1) is 18.8 Å². The highest BCUT2D eigenvalue weighted by Gasteiger charge is 2.48. The first-order chi connectivity index (χ1) is 13.2. The number of aliphatic hydroxyl groups is 1. The molecule has 4 heteroatoms. The van der Waals surface area contributed by atoms with Gasteiger partial charge in [0.2, 0.25) is 5.91 Å². The second kappa shape index (κ2) is 7.91. The van der Waals surface area contributed by atoms with E-state index < -0.39 is 0 Å². The Bertz CT molecular complexity index is 820. The van der Waals surface area contributed by atoms with Crippen molar-refractivity contribution >= 4 is 17.7 Å². The fraction of sp³-hybridized carbons (Fsp3) is 0.348. The largest absolute Gasteiger partial charge is 0.394 e. The number of rotatable bonds is 6. The zero-order valence-corrected chi connectivity index (χ0v) is 16.3. The molecule has 2 aromatic carbocycles. The number of hydrogen-bond acceptors (Lipinski definition) is 3. The van der Waals surface area contributed by atoms with Crippen molar-refractivity contribution in [3.8, 4) is 11.1 Å². The molecule has 0 aromatic heterocycles. The van der Waals surface area contributed by atoms with Crippen molar-refractivity contribution in [3.63, 3.8) is 0 Å². The predicted octanol–water partition coefficient (Wildman–Crippen LogP) is 4.47. The number of thioether (sulfide) groups is 1. The summed E-state index contributed by atoms with van der Waals surface area (Å²) >= 11 is 1.85. The van der Waals surface area contributed by atoms with Crippen molar-refractivity contribution in [2.24, 2.45) is 11.8 Å². The summed E-state index contributed by atoms with van der Waals surface area (Å²) in [6.07, 6.45) is 4.23. The van der Waals surface area contributed by atoms with Crippen LogP contribution in [-0.2, 0) is 4.79 Å². The third kappa shape index (κ3) is 4.12. The van der Waals surface area contributed by atoms with Gasteiger partial charge in [0, 0.05) is 11.2 Å². The number of benzene rings is 2. The van der Waals surface area contributed by atoms with Crippen molar-refractivity contribution < 1.29 is 9.90 Å². The van der Waals surface area contributed by atoms with Crippen molar-refractivity contribution in [1.82, 2.24) is 5.32 Å². The molecule has 0 saturated heterocycles. The van der Waals surface area contributed by atoms with Crippen LogP contribution in [0.1, 0.15) is 30.0 Å². The molecular weight excluding hydrogens is 354 g/mol. The Hall–Kier alpha value is -2.04. The topological polar surface area (TPSA) is 49.3 Å². The first-order valence-corrected chi connectivity index (χ1v) is 10.5. The van der Waals surface area contributed by atoms with Gasteiger partial charge in [0.25, 0.3) is 0 Å². The van der Waals surface area contributed by atoms with Crippen LogP contribution in [0.3, 0.4) is 0 Å². The number of nitrogens with one attached hydrogen (secondary N) is 1. The van der Waals surface area contributed by atoms with E-state index in [1.54, 1.807) is 0 Å². The molecule has 1 fully saturated rings. The number of amides is 1. The molecule has 2 aromatic rings. The third-order valence-corrected chi connectivity index (χ3v) is 6.81. The molecule has 1 heterocycles. The summed E-state index contributed by atoms with van der Waals surface area (Å²) < 4.78 is 0. The van der Waals surface area contributed by atoms with Gasteiger partial charge in [-0.05, 0) is 47.8 Å². The molecule has 2 aliphatic rings. The van der Waals surface area contributed by atoms with Crippen LogP contribution in [-0.4, -0.2) is 22.9 Å². The molecule has 0 bridgehead atoms. The minimum Gasteiger partial charge on any atom is -0.394 e.